The van der Waals surface area contributed by atoms with E-state index in [-0.39, 0.29) is 23.4 Å². The molecule has 1 atom stereocenters. The Labute approximate surface area is 158 Å². The minimum absolute atomic E-state index is 0.220. The van der Waals surface area contributed by atoms with E-state index in [1.165, 1.54) is 17.3 Å². The monoisotopic (exact) mass is 369 g/mol. The van der Waals surface area contributed by atoms with Gasteiger partial charge in [-0.3, -0.25) is 19.4 Å². The van der Waals surface area contributed by atoms with Crippen molar-refractivity contribution in [2.24, 2.45) is 0 Å². The molecular formula is C19H23N5O3. The van der Waals surface area contributed by atoms with Gasteiger partial charge in [0.05, 0.1) is 18.1 Å². The number of aromatic nitrogens is 2. The maximum atomic E-state index is 12.4. The summed E-state index contributed by atoms with van der Waals surface area (Å²) in [5.74, 6) is -0.874. The fourth-order valence-electron chi connectivity index (χ4n) is 2.33. The van der Waals surface area contributed by atoms with Gasteiger partial charge in [-0.25, -0.2) is 4.98 Å². The molecule has 1 aromatic carbocycles. The van der Waals surface area contributed by atoms with Gasteiger partial charge < -0.3 is 15.5 Å². The lowest BCUT2D eigenvalue weighted by atomic mass is 10.1. The van der Waals surface area contributed by atoms with Crippen LogP contribution in [0.2, 0.25) is 0 Å². The molecule has 0 aliphatic carbocycles. The van der Waals surface area contributed by atoms with E-state index in [1.807, 2.05) is 6.92 Å². The summed E-state index contributed by atoms with van der Waals surface area (Å²) >= 11 is 0. The second-order valence-electron chi connectivity index (χ2n) is 6.16. The largest absolute Gasteiger partial charge is 0.355 e. The van der Waals surface area contributed by atoms with Crippen LogP contribution in [0.1, 0.15) is 34.7 Å². The molecule has 0 unspecified atom stereocenters. The Kier molecular flexibility index (Phi) is 6.59. The van der Waals surface area contributed by atoms with Gasteiger partial charge in [0.1, 0.15) is 11.7 Å². The molecule has 0 radical (unpaired) electrons. The van der Waals surface area contributed by atoms with E-state index >= 15 is 0 Å². The fraction of sp³-hybridized carbons (Fsp3) is 0.316. The molecule has 3 amide bonds. The summed E-state index contributed by atoms with van der Waals surface area (Å²) in [5.41, 5.74) is 1.73. The molecule has 27 heavy (non-hydrogen) atoms. The first-order valence-corrected chi connectivity index (χ1v) is 8.56. The maximum Gasteiger partial charge on any atom is 0.273 e. The predicted octanol–water partition coefficient (Wildman–Crippen LogP) is 1.10. The van der Waals surface area contributed by atoms with E-state index in [9.17, 15) is 14.4 Å². The molecule has 8 heteroatoms. The number of hydrogen-bond acceptors (Lipinski definition) is 5. The quantitative estimate of drug-likeness (QED) is 0.793. The third-order valence-electron chi connectivity index (χ3n) is 3.77. The van der Waals surface area contributed by atoms with Crippen LogP contribution < -0.4 is 10.6 Å². The number of hydrogen-bond donors (Lipinski definition) is 2. The molecule has 2 N–H and O–H groups in total. The van der Waals surface area contributed by atoms with Crippen molar-refractivity contribution in [3.8, 4) is 11.3 Å². The molecule has 2 aromatic rings. The van der Waals surface area contributed by atoms with Gasteiger partial charge in [-0.2, -0.15) is 0 Å². The third kappa shape index (κ3) is 5.10. The van der Waals surface area contributed by atoms with Crippen LogP contribution in [0.25, 0.3) is 11.3 Å². The topological polar surface area (TPSA) is 104 Å². The van der Waals surface area contributed by atoms with Crippen LogP contribution in [0.4, 0.5) is 0 Å². The van der Waals surface area contributed by atoms with E-state index in [2.05, 4.69) is 20.6 Å². The van der Waals surface area contributed by atoms with Crippen LogP contribution in [0.5, 0.6) is 0 Å². The molecule has 1 heterocycles. The molecule has 0 aliphatic rings. The van der Waals surface area contributed by atoms with E-state index < -0.39 is 6.04 Å². The van der Waals surface area contributed by atoms with Gasteiger partial charge in [-0.15, -0.1) is 0 Å². The molecule has 0 aliphatic heterocycles. The Balaban J connectivity index is 2.23. The van der Waals surface area contributed by atoms with Crippen LogP contribution >= 0.6 is 0 Å². The van der Waals surface area contributed by atoms with Gasteiger partial charge in [0.2, 0.25) is 5.91 Å². The first-order valence-electron chi connectivity index (χ1n) is 8.56. The van der Waals surface area contributed by atoms with Crippen LogP contribution in [0, 0.1) is 0 Å². The maximum absolute atomic E-state index is 12.4. The molecule has 1 aromatic heterocycles. The van der Waals surface area contributed by atoms with Crippen molar-refractivity contribution in [1.82, 2.24) is 25.5 Å². The van der Waals surface area contributed by atoms with E-state index in [0.29, 0.717) is 23.4 Å². The summed E-state index contributed by atoms with van der Waals surface area (Å²) in [4.78, 5) is 46.1. The van der Waals surface area contributed by atoms with Crippen molar-refractivity contribution < 1.29 is 14.4 Å². The molecule has 0 saturated heterocycles. The zero-order valence-corrected chi connectivity index (χ0v) is 15.8. The SMILES string of the molecule is CCNC(=O)[C@H](C)NC(=O)c1cccc(-c2cncc(C(=O)N(C)C)n2)c1. The number of nitrogens with zero attached hydrogens (tertiary/aromatic N) is 3. The molecule has 142 valence electrons. The second kappa shape index (κ2) is 8.88. The summed E-state index contributed by atoms with van der Waals surface area (Å²) in [6.07, 6.45) is 2.93. The molecule has 0 fully saturated rings. The van der Waals surface area contributed by atoms with Crippen LogP contribution in [-0.4, -0.2) is 59.3 Å². The molecular weight excluding hydrogens is 346 g/mol. The standard InChI is InChI=1S/C19H23N5O3/c1-5-21-17(25)12(2)22-18(26)14-8-6-7-13(9-14)15-10-20-11-16(23-15)19(27)24(3)4/h6-12H,5H2,1-4H3,(H,21,25)(H,22,26)/t12-/m0/s1. The zero-order chi connectivity index (χ0) is 20.0. The summed E-state index contributed by atoms with van der Waals surface area (Å²) in [6, 6.07) is 6.13. The summed E-state index contributed by atoms with van der Waals surface area (Å²) in [7, 11) is 3.27. The number of nitrogens with one attached hydrogen (secondary N) is 2. The highest BCUT2D eigenvalue weighted by Gasteiger charge is 2.17. The van der Waals surface area contributed by atoms with Crippen molar-refractivity contribution >= 4 is 17.7 Å². The van der Waals surface area contributed by atoms with Crippen molar-refractivity contribution in [3.05, 3.63) is 47.9 Å². The lowest BCUT2D eigenvalue weighted by Gasteiger charge is -2.14. The smallest absolute Gasteiger partial charge is 0.273 e. The Bertz CT molecular complexity index is 851. The second-order valence-corrected chi connectivity index (χ2v) is 6.16. The number of carbonyl (C=O) groups is 3. The van der Waals surface area contributed by atoms with Gasteiger partial charge in [0.25, 0.3) is 11.8 Å². The van der Waals surface area contributed by atoms with Crippen LogP contribution in [-0.2, 0) is 4.79 Å². The van der Waals surface area contributed by atoms with Gasteiger partial charge in [0.15, 0.2) is 0 Å². The lowest BCUT2D eigenvalue weighted by Crippen LogP contribution is -2.44. The Morgan fingerprint density at radius 1 is 1.19 bits per heavy atom. The predicted molar refractivity (Wildman–Crippen MR) is 101 cm³/mol. The Morgan fingerprint density at radius 2 is 1.93 bits per heavy atom. The lowest BCUT2D eigenvalue weighted by molar-refractivity contribution is -0.122. The van der Waals surface area contributed by atoms with Crippen molar-refractivity contribution in [1.29, 1.82) is 0 Å². The number of carbonyl (C=O) groups excluding carboxylic acids is 3. The molecule has 0 bridgehead atoms. The number of likely N-dealkylation sites (N-methyl/N-ethyl adjacent to an activating group) is 1. The highest BCUT2D eigenvalue weighted by Crippen LogP contribution is 2.18. The van der Waals surface area contributed by atoms with Crippen molar-refractivity contribution in [3.63, 3.8) is 0 Å². The van der Waals surface area contributed by atoms with E-state index in [4.69, 9.17) is 0 Å². The highest BCUT2D eigenvalue weighted by molar-refractivity contribution is 5.98. The normalized spacial score (nSPS) is 11.4. The first kappa shape index (κ1) is 20.0. The minimum atomic E-state index is -0.651. The summed E-state index contributed by atoms with van der Waals surface area (Å²) < 4.78 is 0. The van der Waals surface area contributed by atoms with Crippen molar-refractivity contribution in [2.75, 3.05) is 20.6 Å². The minimum Gasteiger partial charge on any atom is -0.355 e. The van der Waals surface area contributed by atoms with Crippen molar-refractivity contribution in [2.45, 2.75) is 19.9 Å². The number of amides is 3. The molecule has 0 saturated carbocycles. The van der Waals surface area contributed by atoms with Crippen LogP contribution in [0.15, 0.2) is 36.7 Å². The van der Waals surface area contributed by atoms with Gasteiger partial charge >= 0.3 is 0 Å². The molecule has 0 spiro atoms. The van der Waals surface area contributed by atoms with Gasteiger partial charge in [-0.05, 0) is 26.0 Å². The number of rotatable bonds is 6. The number of benzene rings is 1. The van der Waals surface area contributed by atoms with E-state index in [0.717, 1.165) is 0 Å². The Hall–Kier alpha value is -3.29. The van der Waals surface area contributed by atoms with E-state index in [1.54, 1.807) is 45.3 Å². The highest BCUT2D eigenvalue weighted by atomic mass is 16.2. The van der Waals surface area contributed by atoms with Gasteiger partial charge in [-0.1, -0.05) is 12.1 Å². The zero-order valence-electron chi connectivity index (χ0n) is 15.8. The fourth-order valence-corrected chi connectivity index (χ4v) is 2.33. The third-order valence-corrected chi connectivity index (χ3v) is 3.77. The molecule has 8 nitrogen and oxygen atoms in total. The van der Waals surface area contributed by atoms with Crippen LogP contribution in [0.3, 0.4) is 0 Å². The first-order chi connectivity index (χ1) is 12.8. The average Bonchev–Trinajstić information content (AvgIpc) is 2.67. The Morgan fingerprint density at radius 3 is 2.59 bits per heavy atom. The summed E-state index contributed by atoms with van der Waals surface area (Å²) in [6.45, 7) is 3.93. The summed E-state index contributed by atoms with van der Waals surface area (Å²) in [5, 5.41) is 5.31. The average molecular weight is 369 g/mol. The molecule has 2 rings (SSSR count). The van der Waals surface area contributed by atoms with Gasteiger partial charge in [0, 0.05) is 31.8 Å².